The van der Waals surface area contributed by atoms with Gasteiger partial charge in [0, 0.05) is 11.1 Å². The Kier molecular flexibility index (Phi) is 5.55. The molecule has 0 N–H and O–H groups in total. The second-order valence-corrected chi connectivity index (χ2v) is 11.2. The molecule has 0 saturated heterocycles. The lowest BCUT2D eigenvalue weighted by molar-refractivity contribution is -0.111. The number of carbonyl (C=O) groups is 2. The van der Waals surface area contributed by atoms with Crippen molar-refractivity contribution in [1.29, 1.82) is 0 Å². The van der Waals surface area contributed by atoms with Crippen molar-refractivity contribution in [1.82, 2.24) is 0 Å². The molecular weight excluding hydrogens is 424 g/mol. The van der Waals surface area contributed by atoms with Gasteiger partial charge in [-0.1, -0.05) is 37.8 Å². The molecule has 0 aromatic heterocycles. The van der Waals surface area contributed by atoms with Crippen LogP contribution in [-0.2, 0) is 9.47 Å². The molecule has 5 atom stereocenters. The number of carbonyl (C=O) groups excluding carboxylic acids is 2. The number of rotatable bonds is 3. The smallest absolute Gasteiger partial charge is 0.337 e. The molecule has 0 heterocycles. The van der Waals surface area contributed by atoms with E-state index in [1.807, 2.05) is 0 Å². The fraction of sp³-hybridized carbons (Fsp3) is 0.467. The highest BCUT2D eigenvalue weighted by atomic mass is 16.5. The van der Waals surface area contributed by atoms with Crippen LogP contribution in [0.25, 0.3) is 0 Å². The monoisotopic (exact) mass is 456 g/mol. The summed E-state index contributed by atoms with van der Waals surface area (Å²) in [6, 6.07) is 13.5. The van der Waals surface area contributed by atoms with Gasteiger partial charge in [0.05, 0.1) is 25.3 Å². The predicted octanol–water partition coefficient (Wildman–Crippen LogP) is 5.98. The normalized spacial score (nSPS) is 30.9. The van der Waals surface area contributed by atoms with Gasteiger partial charge in [-0.05, 0) is 96.6 Å². The van der Waals surface area contributed by atoms with Gasteiger partial charge < -0.3 is 9.47 Å². The van der Waals surface area contributed by atoms with Gasteiger partial charge >= 0.3 is 11.9 Å². The highest BCUT2D eigenvalue weighted by molar-refractivity contribution is 5.96. The number of hydrogen-bond donors (Lipinski definition) is 0. The molecule has 4 aliphatic rings. The first kappa shape index (κ1) is 22.7. The van der Waals surface area contributed by atoms with E-state index < -0.39 is 11.9 Å². The van der Waals surface area contributed by atoms with Crippen LogP contribution in [0.4, 0.5) is 0 Å². The second-order valence-electron chi connectivity index (χ2n) is 11.2. The average Bonchev–Trinajstić information content (AvgIpc) is 2.80. The molecule has 4 fully saturated rings. The van der Waals surface area contributed by atoms with Gasteiger partial charge in [0.15, 0.2) is 0 Å². The van der Waals surface area contributed by atoms with Gasteiger partial charge in [-0.2, -0.15) is 0 Å². The van der Waals surface area contributed by atoms with Crippen molar-refractivity contribution < 1.29 is 19.1 Å². The summed E-state index contributed by atoms with van der Waals surface area (Å²) in [5.41, 5.74) is 4.42. The molecule has 4 saturated carbocycles. The van der Waals surface area contributed by atoms with E-state index in [4.69, 9.17) is 9.47 Å². The molecule has 34 heavy (non-hydrogen) atoms. The van der Waals surface area contributed by atoms with Gasteiger partial charge in [0.25, 0.3) is 0 Å². The van der Waals surface area contributed by atoms with Crippen molar-refractivity contribution in [3.63, 3.8) is 0 Å². The molecule has 0 radical (unpaired) electrons. The number of benzene rings is 2. The summed E-state index contributed by atoms with van der Waals surface area (Å²) in [4.78, 5) is 24.0. The van der Waals surface area contributed by atoms with E-state index in [0.29, 0.717) is 22.3 Å². The van der Waals surface area contributed by atoms with E-state index in [0.717, 1.165) is 17.4 Å². The molecule has 4 bridgehead atoms. The Morgan fingerprint density at radius 1 is 0.853 bits per heavy atom. The summed E-state index contributed by atoms with van der Waals surface area (Å²) >= 11 is 0. The maximum atomic E-state index is 12.0. The van der Waals surface area contributed by atoms with Crippen LogP contribution >= 0.6 is 0 Å². The Morgan fingerprint density at radius 3 is 2.03 bits per heavy atom. The van der Waals surface area contributed by atoms with Gasteiger partial charge in [0.2, 0.25) is 0 Å². The second kappa shape index (κ2) is 8.31. The minimum atomic E-state index is -0.517. The first-order chi connectivity index (χ1) is 16.2. The quantitative estimate of drug-likeness (QED) is 0.421. The predicted molar refractivity (Wildman–Crippen MR) is 131 cm³/mol. The Labute approximate surface area is 202 Å². The molecule has 6 rings (SSSR count). The van der Waals surface area contributed by atoms with E-state index in [-0.39, 0.29) is 11.1 Å². The molecule has 0 amide bonds. The topological polar surface area (TPSA) is 52.6 Å². The van der Waals surface area contributed by atoms with Crippen molar-refractivity contribution in [3.05, 3.63) is 70.3 Å². The average molecular weight is 457 g/mol. The number of ether oxygens (including phenoxy) is 2. The van der Waals surface area contributed by atoms with E-state index in [2.05, 4.69) is 50.0 Å². The third-order valence-electron chi connectivity index (χ3n) is 8.38. The van der Waals surface area contributed by atoms with Crippen molar-refractivity contribution in [2.24, 2.45) is 22.7 Å². The van der Waals surface area contributed by atoms with Crippen molar-refractivity contribution in [3.8, 4) is 11.8 Å². The fourth-order valence-electron chi connectivity index (χ4n) is 7.84. The van der Waals surface area contributed by atoms with Crippen LogP contribution < -0.4 is 0 Å². The Bertz CT molecular complexity index is 1170. The van der Waals surface area contributed by atoms with Crippen LogP contribution in [-0.4, -0.2) is 26.2 Å². The van der Waals surface area contributed by atoms with E-state index in [1.54, 1.807) is 12.1 Å². The highest BCUT2D eigenvalue weighted by Crippen LogP contribution is 2.69. The van der Waals surface area contributed by atoms with Crippen LogP contribution in [0.2, 0.25) is 0 Å². The molecule has 176 valence electrons. The summed E-state index contributed by atoms with van der Waals surface area (Å²) < 4.78 is 9.62. The largest absolute Gasteiger partial charge is 0.465 e. The summed E-state index contributed by atoms with van der Waals surface area (Å²) in [7, 11) is 2.62. The molecule has 4 heteroatoms. The van der Waals surface area contributed by atoms with Crippen molar-refractivity contribution >= 4 is 11.9 Å². The lowest BCUT2D eigenvalue weighted by atomic mass is 9.40. The molecule has 0 aliphatic heterocycles. The zero-order valence-corrected chi connectivity index (χ0v) is 20.4. The zero-order valence-electron chi connectivity index (χ0n) is 20.4. The molecule has 4 aliphatic carbocycles. The van der Waals surface area contributed by atoms with E-state index in [9.17, 15) is 9.59 Å². The SMILES string of the molecule is COC(=O)c1cc(C#Cc2ccc(C3C4CC5CC(C)(C4)CC3(C)C5)cc2)cc(C(=O)OC)c1. The van der Waals surface area contributed by atoms with Crippen LogP contribution in [0.15, 0.2) is 42.5 Å². The third kappa shape index (κ3) is 4.02. The summed E-state index contributed by atoms with van der Waals surface area (Å²) in [6.07, 6.45) is 6.89. The fourth-order valence-corrected chi connectivity index (χ4v) is 7.84. The minimum absolute atomic E-state index is 0.272. The van der Waals surface area contributed by atoms with Gasteiger partial charge in [-0.15, -0.1) is 0 Å². The van der Waals surface area contributed by atoms with Crippen LogP contribution in [0.5, 0.6) is 0 Å². The lowest BCUT2D eigenvalue weighted by Crippen LogP contribution is -2.53. The van der Waals surface area contributed by atoms with Gasteiger partial charge in [0.1, 0.15) is 0 Å². The van der Waals surface area contributed by atoms with Crippen LogP contribution in [0, 0.1) is 34.5 Å². The molecule has 0 spiro atoms. The molecular formula is C30H32O4. The van der Waals surface area contributed by atoms with Crippen molar-refractivity contribution in [2.75, 3.05) is 14.2 Å². The van der Waals surface area contributed by atoms with Gasteiger partial charge in [-0.25, -0.2) is 9.59 Å². The Balaban J connectivity index is 1.40. The summed E-state index contributed by atoms with van der Waals surface area (Å²) in [5, 5.41) is 0. The molecule has 2 aromatic carbocycles. The standard InChI is InChI=1S/C30H32O4/c1-29-15-21-13-25(17-29)26(30(2,16-21)18-29)22-9-7-19(8-10-22)5-6-20-11-23(27(31)33-3)14-24(12-20)28(32)34-4/h7-12,14,21,25-26H,13,15-18H2,1-4H3. The maximum Gasteiger partial charge on any atom is 0.337 e. The number of hydrogen-bond acceptors (Lipinski definition) is 4. The van der Waals surface area contributed by atoms with Gasteiger partial charge in [-0.3, -0.25) is 0 Å². The highest BCUT2D eigenvalue weighted by Gasteiger charge is 2.58. The molecule has 4 nitrogen and oxygen atoms in total. The van der Waals surface area contributed by atoms with E-state index in [1.165, 1.54) is 58.0 Å². The molecule has 5 unspecified atom stereocenters. The first-order valence-electron chi connectivity index (χ1n) is 12.2. The first-order valence-corrected chi connectivity index (χ1v) is 12.2. The summed E-state index contributed by atoms with van der Waals surface area (Å²) in [5.74, 6) is 7.60. The van der Waals surface area contributed by atoms with Crippen molar-refractivity contribution in [2.45, 2.75) is 51.9 Å². The Hall–Kier alpha value is -3.06. The number of methoxy groups -OCH3 is 2. The number of esters is 2. The molecule has 2 aromatic rings. The lowest BCUT2D eigenvalue weighted by Gasteiger charge is -2.64. The third-order valence-corrected chi connectivity index (χ3v) is 8.38. The summed E-state index contributed by atoms with van der Waals surface area (Å²) in [6.45, 7) is 5.04. The minimum Gasteiger partial charge on any atom is -0.465 e. The van der Waals surface area contributed by atoms with Crippen LogP contribution in [0.1, 0.15) is 89.3 Å². The maximum absolute atomic E-state index is 12.0. The zero-order chi connectivity index (χ0) is 24.1. The Morgan fingerprint density at radius 2 is 1.47 bits per heavy atom. The van der Waals surface area contributed by atoms with E-state index >= 15 is 0 Å². The van der Waals surface area contributed by atoms with Crippen LogP contribution in [0.3, 0.4) is 0 Å².